The van der Waals surface area contributed by atoms with Crippen LogP contribution in [0, 0.1) is 12.8 Å². The number of carbonyl (C=O) groups is 1. The lowest BCUT2D eigenvalue weighted by molar-refractivity contribution is -0.108. The monoisotopic (exact) mass is 724 g/mol. The number of aldehydes is 1. The summed E-state index contributed by atoms with van der Waals surface area (Å²) in [6.45, 7) is 7.86. The van der Waals surface area contributed by atoms with E-state index in [-0.39, 0.29) is 6.02 Å². The molecule has 3 heterocycles. The fraction of sp³-hybridized carbons (Fsp3) is 0.457. The normalized spacial score (nSPS) is 19.5. The number of hydrogen-bond donors (Lipinski definition) is 1. The van der Waals surface area contributed by atoms with Crippen molar-refractivity contribution in [3.05, 3.63) is 93.2 Å². The lowest BCUT2D eigenvalue weighted by Gasteiger charge is -2.38. The Bertz CT molecular complexity index is 1590. The van der Waals surface area contributed by atoms with E-state index in [9.17, 15) is 13.2 Å². The number of halogens is 1. The number of aryl methyl sites for hydroxylation is 3. The molecule has 0 radical (unpaired) electrons. The van der Waals surface area contributed by atoms with Gasteiger partial charge in [0.15, 0.2) is 0 Å². The first kappa shape index (κ1) is 35.2. The number of para-hydroxylation sites is 1. The van der Waals surface area contributed by atoms with Gasteiger partial charge in [-0.2, -0.15) is 13.1 Å². The average molecular weight is 726 g/mol. The number of piperidine rings is 1. The Morgan fingerprint density at radius 3 is 2.40 bits per heavy atom. The number of benzene rings is 2. The van der Waals surface area contributed by atoms with Gasteiger partial charge in [0.25, 0.3) is 0 Å². The molecule has 2 aliphatic heterocycles. The van der Waals surface area contributed by atoms with E-state index < -0.39 is 10.2 Å². The number of pyridine rings is 1. The molecular weight excluding hydrogens is 680 g/mol. The third-order valence-corrected chi connectivity index (χ3v) is 10.5. The molecule has 47 heavy (non-hydrogen) atoms. The standard InChI is InChI=1S/C20H24BrN3.C15H21N3O4S/c1-14-3-6-18-15(11-14)4-5-16-12-17(21)13-22-19(16)20(18)24-9-7-23(2)8-10-24;1-16-23(20,21)17-15(22-14-5-3-2-4-6-14)18-10-7-13(8-11-18)9-12-19/h3,6,11-13,20H,4-5,7-10H2,1-2H3;2-6,12-13,16H,7-11H2,1H3/b;17-15-. The molecule has 0 amide bonds. The number of hydrogen-bond acceptors (Lipinski definition) is 7. The van der Waals surface area contributed by atoms with Gasteiger partial charge in [0, 0.05) is 63.4 Å². The third kappa shape index (κ3) is 9.48. The zero-order valence-electron chi connectivity index (χ0n) is 27.4. The predicted octanol–water partition coefficient (Wildman–Crippen LogP) is 4.77. The number of nitrogens with one attached hydrogen (secondary N) is 1. The number of nitrogens with zero attached hydrogens (tertiary/aromatic N) is 5. The second-order valence-corrected chi connectivity index (χ2v) is 14.9. The summed E-state index contributed by atoms with van der Waals surface area (Å²) in [5.74, 6) is 0.857. The number of likely N-dealkylation sites (tertiary alicyclic amines) is 1. The summed E-state index contributed by atoms with van der Waals surface area (Å²) < 4.78 is 36.2. The number of ether oxygens (including phenoxy) is 1. The van der Waals surface area contributed by atoms with Gasteiger partial charge < -0.3 is 19.3 Å². The van der Waals surface area contributed by atoms with Crippen LogP contribution in [0.25, 0.3) is 0 Å². The Labute approximate surface area is 287 Å². The first-order valence-corrected chi connectivity index (χ1v) is 18.5. The third-order valence-electron chi connectivity index (χ3n) is 9.11. The fourth-order valence-corrected chi connectivity index (χ4v) is 7.23. The molecule has 10 nitrogen and oxygen atoms in total. The van der Waals surface area contributed by atoms with Gasteiger partial charge in [0.05, 0.1) is 11.7 Å². The van der Waals surface area contributed by atoms with Crippen molar-refractivity contribution in [2.24, 2.45) is 10.3 Å². The zero-order valence-corrected chi connectivity index (χ0v) is 29.8. The van der Waals surface area contributed by atoms with E-state index in [0.29, 0.717) is 37.2 Å². The average Bonchev–Trinajstić information content (AvgIpc) is 3.22. The molecule has 6 rings (SSSR count). The first-order chi connectivity index (χ1) is 22.7. The molecule has 1 unspecified atom stereocenters. The van der Waals surface area contributed by atoms with Crippen LogP contribution in [0.1, 0.15) is 53.3 Å². The van der Waals surface area contributed by atoms with Crippen molar-refractivity contribution < 1.29 is 17.9 Å². The molecular formula is C35H45BrN6O4S. The van der Waals surface area contributed by atoms with Crippen molar-refractivity contribution in [1.82, 2.24) is 24.4 Å². The Kier molecular flexibility index (Phi) is 12.2. The highest BCUT2D eigenvalue weighted by molar-refractivity contribution is 9.10. The molecule has 1 N–H and O–H groups in total. The Morgan fingerprint density at radius 1 is 1.02 bits per heavy atom. The SMILES string of the molecule is CNS(=O)(=O)/N=C(\Oc1ccccc1)N1CCC(CC=O)CC1.Cc1ccc2c(c1)CCc1cc(Br)cnc1C2N1CCN(C)CC1. The smallest absolute Gasteiger partial charge is 0.324 e. The van der Waals surface area contributed by atoms with Crippen LogP contribution in [0.15, 0.2) is 69.7 Å². The van der Waals surface area contributed by atoms with Crippen molar-refractivity contribution in [2.75, 3.05) is 53.4 Å². The molecule has 2 fully saturated rings. The van der Waals surface area contributed by atoms with E-state index in [1.165, 1.54) is 35.0 Å². The maximum absolute atomic E-state index is 11.8. The molecule has 12 heteroatoms. The van der Waals surface area contributed by atoms with Crippen molar-refractivity contribution in [1.29, 1.82) is 0 Å². The summed E-state index contributed by atoms with van der Waals surface area (Å²) in [7, 11) is -0.283. The van der Waals surface area contributed by atoms with Gasteiger partial charge >= 0.3 is 16.2 Å². The van der Waals surface area contributed by atoms with Crippen LogP contribution in [-0.4, -0.2) is 93.8 Å². The van der Waals surface area contributed by atoms with Crippen molar-refractivity contribution in [3.8, 4) is 5.75 Å². The zero-order chi connectivity index (χ0) is 33.4. The minimum atomic E-state index is -3.80. The van der Waals surface area contributed by atoms with Gasteiger partial charge in [0.2, 0.25) is 0 Å². The summed E-state index contributed by atoms with van der Waals surface area (Å²) in [5, 5.41) is 0. The number of carbonyl (C=O) groups excluding carboxylic acids is 1. The molecule has 2 aromatic carbocycles. The Balaban J connectivity index is 0.000000185. The highest BCUT2D eigenvalue weighted by Crippen LogP contribution is 2.37. The van der Waals surface area contributed by atoms with Crippen LogP contribution in [0.5, 0.6) is 5.75 Å². The minimum absolute atomic E-state index is 0.0510. The predicted molar refractivity (Wildman–Crippen MR) is 189 cm³/mol. The Morgan fingerprint density at radius 2 is 1.72 bits per heavy atom. The first-order valence-electron chi connectivity index (χ1n) is 16.3. The van der Waals surface area contributed by atoms with Gasteiger partial charge in [0.1, 0.15) is 12.0 Å². The summed E-state index contributed by atoms with van der Waals surface area (Å²) in [6.07, 6.45) is 7.21. The number of fused-ring (bicyclic) bond motifs is 2. The Hall–Kier alpha value is -3.16. The highest BCUT2D eigenvalue weighted by atomic mass is 79.9. The largest absolute Gasteiger partial charge is 0.425 e. The number of amidine groups is 1. The van der Waals surface area contributed by atoms with E-state index in [0.717, 1.165) is 62.6 Å². The molecule has 0 spiro atoms. The summed E-state index contributed by atoms with van der Waals surface area (Å²) >= 11 is 3.60. The van der Waals surface area contributed by atoms with Crippen LogP contribution >= 0.6 is 15.9 Å². The lowest BCUT2D eigenvalue weighted by Crippen LogP contribution is -2.46. The van der Waals surface area contributed by atoms with Gasteiger partial charge in [-0.25, -0.2) is 0 Å². The molecule has 252 valence electrons. The summed E-state index contributed by atoms with van der Waals surface area (Å²) in [5.41, 5.74) is 6.95. The van der Waals surface area contributed by atoms with Crippen LogP contribution in [-0.2, 0) is 27.8 Å². The van der Waals surface area contributed by atoms with E-state index in [4.69, 9.17) is 9.72 Å². The molecule has 3 aliphatic rings. The summed E-state index contributed by atoms with van der Waals surface area (Å²) in [6, 6.07) is 18.5. The van der Waals surface area contributed by atoms with Gasteiger partial charge in [-0.3, -0.25) is 9.88 Å². The van der Waals surface area contributed by atoms with Crippen LogP contribution in [0.4, 0.5) is 0 Å². The van der Waals surface area contributed by atoms with Gasteiger partial charge in [-0.1, -0.05) is 46.4 Å². The minimum Gasteiger partial charge on any atom is -0.425 e. The molecule has 0 saturated carbocycles. The van der Waals surface area contributed by atoms with Crippen LogP contribution < -0.4 is 9.46 Å². The summed E-state index contributed by atoms with van der Waals surface area (Å²) in [4.78, 5) is 22.3. The molecule has 3 aromatic rings. The number of likely N-dealkylation sites (N-methyl/N-ethyl adjacent to an activating group) is 1. The lowest BCUT2D eigenvalue weighted by atomic mass is 9.94. The van der Waals surface area contributed by atoms with Gasteiger partial charge in [-0.15, -0.1) is 0 Å². The van der Waals surface area contributed by atoms with Crippen LogP contribution in [0.2, 0.25) is 0 Å². The molecule has 1 aromatic heterocycles. The molecule has 0 bridgehead atoms. The van der Waals surface area contributed by atoms with Crippen molar-refractivity contribution in [2.45, 2.75) is 45.1 Å². The number of piperazine rings is 1. The number of aromatic nitrogens is 1. The van der Waals surface area contributed by atoms with E-state index in [1.807, 2.05) is 12.3 Å². The maximum atomic E-state index is 11.8. The topological polar surface area (TPSA) is 107 Å². The highest BCUT2D eigenvalue weighted by Gasteiger charge is 2.32. The van der Waals surface area contributed by atoms with E-state index >= 15 is 0 Å². The van der Waals surface area contributed by atoms with Crippen molar-refractivity contribution in [3.63, 3.8) is 0 Å². The number of rotatable bonds is 6. The van der Waals surface area contributed by atoms with E-state index in [1.54, 1.807) is 29.2 Å². The molecule has 1 atom stereocenters. The second kappa shape index (κ2) is 16.3. The maximum Gasteiger partial charge on any atom is 0.324 e. The molecule has 2 saturated heterocycles. The van der Waals surface area contributed by atoms with E-state index in [2.05, 4.69) is 73.1 Å². The fourth-order valence-electron chi connectivity index (χ4n) is 6.40. The van der Waals surface area contributed by atoms with Gasteiger partial charge in [-0.05, 0) is 96.4 Å². The second-order valence-electron chi connectivity index (χ2n) is 12.4. The van der Waals surface area contributed by atoms with Crippen molar-refractivity contribution >= 4 is 38.4 Å². The molecule has 1 aliphatic carbocycles. The quantitative estimate of drug-likeness (QED) is 0.220. The van der Waals surface area contributed by atoms with Crippen LogP contribution in [0.3, 0.4) is 0 Å².